The van der Waals surface area contributed by atoms with Crippen molar-refractivity contribution in [2.75, 3.05) is 25.5 Å². The number of benzene rings is 1. The Morgan fingerprint density at radius 3 is 2.84 bits per heavy atom. The summed E-state index contributed by atoms with van der Waals surface area (Å²) in [4.78, 5) is 33.4. The van der Waals surface area contributed by atoms with Crippen molar-refractivity contribution in [3.8, 4) is 0 Å². The number of hydrogen-bond donors (Lipinski definition) is 1. The van der Waals surface area contributed by atoms with Crippen LogP contribution in [0.4, 0.5) is 5.69 Å². The van der Waals surface area contributed by atoms with Crippen molar-refractivity contribution in [3.05, 3.63) is 57.6 Å². The summed E-state index contributed by atoms with van der Waals surface area (Å²) in [7, 11) is 1.32. The number of methoxy groups -OCH3 is 1. The normalized spacial score (nSPS) is 16.9. The van der Waals surface area contributed by atoms with Gasteiger partial charge in [-0.1, -0.05) is 30.7 Å². The molecule has 1 N–H and O–H groups in total. The molecule has 1 amide bonds. The van der Waals surface area contributed by atoms with Crippen LogP contribution in [0.5, 0.6) is 0 Å². The van der Waals surface area contributed by atoms with Gasteiger partial charge in [-0.3, -0.25) is 9.69 Å². The molecule has 3 heterocycles. The highest BCUT2D eigenvalue weighted by Crippen LogP contribution is 2.36. The van der Waals surface area contributed by atoms with Gasteiger partial charge in [-0.15, -0.1) is 11.3 Å². The fraction of sp³-hybridized carbons (Fsp3) is 0.348. The smallest absolute Gasteiger partial charge is 0.350 e. The van der Waals surface area contributed by atoms with E-state index in [0.29, 0.717) is 37.3 Å². The van der Waals surface area contributed by atoms with Crippen molar-refractivity contribution in [1.82, 2.24) is 9.88 Å². The first kappa shape index (κ1) is 21.7. The van der Waals surface area contributed by atoms with E-state index in [0.717, 1.165) is 25.3 Å². The number of carbonyl (C=O) groups is 2. The Kier molecular flexibility index (Phi) is 6.55. The maximum atomic E-state index is 12.8. The number of fused-ring (bicyclic) bond motifs is 1. The van der Waals surface area contributed by atoms with Gasteiger partial charge in [-0.25, -0.2) is 9.78 Å². The zero-order valence-electron chi connectivity index (χ0n) is 17.5. The third-order valence-electron chi connectivity index (χ3n) is 5.47. The highest BCUT2D eigenvalue weighted by atomic mass is 35.5. The van der Waals surface area contributed by atoms with Crippen LogP contribution in [0.3, 0.4) is 0 Å². The number of likely N-dealkylation sites (tertiary alicyclic amines) is 1. The fourth-order valence-corrected chi connectivity index (χ4v) is 5.24. The van der Waals surface area contributed by atoms with Crippen molar-refractivity contribution in [1.29, 1.82) is 0 Å². The predicted molar refractivity (Wildman–Crippen MR) is 124 cm³/mol. The molecule has 1 atom stereocenters. The van der Waals surface area contributed by atoms with Gasteiger partial charge in [0.2, 0.25) is 0 Å². The van der Waals surface area contributed by atoms with Crippen LogP contribution in [0.2, 0.25) is 5.02 Å². The lowest BCUT2D eigenvalue weighted by atomic mass is 10.0. The Hall–Kier alpha value is -2.48. The van der Waals surface area contributed by atoms with Gasteiger partial charge in [-0.05, 0) is 49.6 Å². The topological polar surface area (TPSA) is 71.5 Å². The minimum absolute atomic E-state index is 0.314. The van der Waals surface area contributed by atoms with E-state index >= 15 is 0 Å². The van der Waals surface area contributed by atoms with E-state index in [1.807, 2.05) is 12.1 Å². The number of aromatic nitrogens is 1. The average Bonchev–Trinajstić information content (AvgIpc) is 3.11. The van der Waals surface area contributed by atoms with Gasteiger partial charge in [0.05, 0.1) is 29.1 Å². The number of pyridine rings is 1. The molecule has 1 unspecified atom stereocenters. The standard InChI is InChI=1S/C23H24ClN3O3S/c1-14-6-5-11-27(12-14)13-15-9-10-17-19(20(23(29)30-2)31-22(17)25-15)26-21(28)16-7-3-4-8-18(16)24/h3-4,7-10,14H,5-6,11-13H2,1-2H3,(H,26,28). The van der Waals surface area contributed by atoms with E-state index in [2.05, 4.69) is 17.1 Å². The van der Waals surface area contributed by atoms with Crippen molar-refractivity contribution in [2.45, 2.75) is 26.3 Å². The fourth-order valence-electron chi connectivity index (χ4n) is 3.95. The molecule has 31 heavy (non-hydrogen) atoms. The van der Waals surface area contributed by atoms with Crippen molar-refractivity contribution in [2.24, 2.45) is 5.92 Å². The molecular weight excluding hydrogens is 434 g/mol. The first-order valence-electron chi connectivity index (χ1n) is 10.2. The molecule has 0 radical (unpaired) electrons. The number of thiophene rings is 1. The average molecular weight is 458 g/mol. The second-order valence-corrected chi connectivity index (χ2v) is 9.28. The maximum absolute atomic E-state index is 12.8. The number of amides is 1. The van der Waals surface area contributed by atoms with Crippen LogP contribution >= 0.6 is 22.9 Å². The van der Waals surface area contributed by atoms with Crippen LogP contribution in [0.15, 0.2) is 36.4 Å². The van der Waals surface area contributed by atoms with Gasteiger partial charge in [0, 0.05) is 18.5 Å². The van der Waals surface area contributed by atoms with Crippen LogP contribution in [-0.4, -0.2) is 42.0 Å². The first-order valence-corrected chi connectivity index (χ1v) is 11.4. The summed E-state index contributed by atoms with van der Waals surface area (Å²) in [6.07, 6.45) is 2.47. The molecule has 6 nitrogen and oxygen atoms in total. The van der Waals surface area contributed by atoms with Crippen molar-refractivity contribution < 1.29 is 14.3 Å². The van der Waals surface area contributed by atoms with E-state index in [1.165, 1.54) is 31.3 Å². The molecule has 4 rings (SSSR count). The lowest BCUT2D eigenvalue weighted by molar-refractivity contribution is 0.0607. The van der Waals surface area contributed by atoms with Gasteiger partial charge in [0.15, 0.2) is 0 Å². The monoisotopic (exact) mass is 457 g/mol. The molecule has 2 aromatic heterocycles. The molecule has 1 aliphatic rings. The molecule has 1 aliphatic heterocycles. The van der Waals surface area contributed by atoms with Gasteiger partial charge in [-0.2, -0.15) is 0 Å². The van der Waals surface area contributed by atoms with Gasteiger partial charge in [0.1, 0.15) is 9.71 Å². The van der Waals surface area contributed by atoms with Crippen molar-refractivity contribution >= 4 is 50.7 Å². The summed E-state index contributed by atoms with van der Waals surface area (Å²) in [6.45, 7) is 5.18. The highest BCUT2D eigenvalue weighted by molar-refractivity contribution is 7.21. The van der Waals surface area contributed by atoms with E-state index in [1.54, 1.807) is 24.3 Å². The van der Waals surface area contributed by atoms with Crippen LogP contribution < -0.4 is 5.32 Å². The summed E-state index contributed by atoms with van der Waals surface area (Å²) < 4.78 is 4.94. The molecule has 0 saturated carbocycles. The Labute approximate surface area is 190 Å². The number of carbonyl (C=O) groups excluding carboxylic acids is 2. The Morgan fingerprint density at radius 2 is 2.10 bits per heavy atom. The van der Waals surface area contributed by atoms with Crippen LogP contribution in [0.25, 0.3) is 10.2 Å². The molecule has 1 fully saturated rings. The van der Waals surface area contributed by atoms with Gasteiger partial charge < -0.3 is 10.1 Å². The number of esters is 1. The van der Waals surface area contributed by atoms with Crippen LogP contribution in [0, 0.1) is 5.92 Å². The van der Waals surface area contributed by atoms with Crippen molar-refractivity contribution in [3.63, 3.8) is 0 Å². The van der Waals surface area contributed by atoms with E-state index in [-0.39, 0.29) is 5.91 Å². The number of rotatable bonds is 5. The summed E-state index contributed by atoms with van der Waals surface area (Å²) in [5, 5.41) is 3.90. The molecule has 0 bridgehead atoms. The number of halogens is 1. The molecule has 8 heteroatoms. The lowest BCUT2D eigenvalue weighted by Gasteiger charge is -2.30. The Balaban J connectivity index is 1.66. The highest BCUT2D eigenvalue weighted by Gasteiger charge is 2.24. The molecule has 3 aromatic rings. The van der Waals surface area contributed by atoms with Gasteiger partial charge >= 0.3 is 5.97 Å². The molecule has 0 aliphatic carbocycles. The third kappa shape index (κ3) is 4.74. The largest absolute Gasteiger partial charge is 0.465 e. The molecule has 162 valence electrons. The minimum atomic E-state index is -0.510. The van der Waals surface area contributed by atoms with Crippen LogP contribution in [-0.2, 0) is 11.3 Å². The zero-order valence-corrected chi connectivity index (χ0v) is 19.1. The number of anilines is 1. The number of ether oxygens (including phenoxy) is 1. The first-order chi connectivity index (χ1) is 15.0. The quantitative estimate of drug-likeness (QED) is 0.532. The summed E-state index contributed by atoms with van der Waals surface area (Å²) in [5.74, 6) is -0.206. The summed E-state index contributed by atoms with van der Waals surface area (Å²) >= 11 is 7.39. The SMILES string of the molecule is COC(=O)c1sc2nc(CN3CCCC(C)C3)ccc2c1NC(=O)c1ccccc1Cl. The van der Waals surface area contributed by atoms with E-state index in [4.69, 9.17) is 21.3 Å². The second-order valence-electron chi connectivity index (χ2n) is 7.87. The Bertz CT molecular complexity index is 1130. The van der Waals surface area contributed by atoms with E-state index < -0.39 is 5.97 Å². The van der Waals surface area contributed by atoms with E-state index in [9.17, 15) is 9.59 Å². The Morgan fingerprint density at radius 1 is 1.29 bits per heavy atom. The molecular formula is C23H24ClN3O3S. The van der Waals surface area contributed by atoms with Gasteiger partial charge in [0.25, 0.3) is 5.91 Å². The molecule has 0 spiro atoms. The van der Waals surface area contributed by atoms with Crippen LogP contribution in [0.1, 0.15) is 45.5 Å². The zero-order chi connectivity index (χ0) is 22.0. The maximum Gasteiger partial charge on any atom is 0.350 e. The number of hydrogen-bond acceptors (Lipinski definition) is 6. The predicted octanol–water partition coefficient (Wildman–Crippen LogP) is 5.22. The summed E-state index contributed by atoms with van der Waals surface area (Å²) in [6, 6.07) is 10.7. The minimum Gasteiger partial charge on any atom is -0.465 e. The number of nitrogens with zero attached hydrogens (tertiary/aromatic N) is 2. The molecule has 1 saturated heterocycles. The second kappa shape index (κ2) is 9.34. The summed E-state index contributed by atoms with van der Waals surface area (Å²) in [5.41, 5.74) is 1.69. The lowest BCUT2D eigenvalue weighted by Crippen LogP contribution is -2.33. The number of piperidine rings is 1. The molecule has 1 aromatic carbocycles. The third-order valence-corrected chi connectivity index (χ3v) is 6.88. The number of nitrogens with one attached hydrogen (secondary N) is 1.